The number of benzene rings is 1. The quantitative estimate of drug-likeness (QED) is 0.551. The number of carbonyl (C=O) groups excluding carboxylic acids is 1. The molecule has 0 saturated carbocycles. The van der Waals surface area contributed by atoms with Crippen molar-refractivity contribution in [2.45, 2.75) is 57.2 Å². The van der Waals surface area contributed by atoms with Gasteiger partial charge in [0, 0.05) is 42.3 Å². The van der Waals surface area contributed by atoms with Crippen LogP contribution in [0, 0.1) is 12.7 Å². The van der Waals surface area contributed by atoms with Crippen LogP contribution in [0.1, 0.15) is 45.8 Å². The highest BCUT2D eigenvalue weighted by Crippen LogP contribution is 2.35. The molecule has 0 radical (unpaired) electrons. The van der Waals surface area contributed by atoms with Crippen molar-refractivity contribution in [3.63, 3.8) is 0 Å². The van der Waals surface area contributed by atoms with Gasteiger partial charge < -0.3 is 21.3 Å². The molecular weight excluding hydrogens is 437 g/mol. The van der Waals surface area contributed by atoms with Crippen LogP contribution in [0.5, 0.6) is 0 Å². The molecule has 6 rings (SSSR count). The monoisotopic (exact) mass is 465 g/mol. The largest absolute Gasteiger partial charge is 0.397 e. The lowest BCUT2D eigenvalue weighted by molar-refractivity contribution is 0.0938. The van der Waals surface area contributed by atoms with Crippen molar-refractivity contribution in [2.24, 2.45) is 0 Å². The third kappa shape index (κ3) is 3.65. The summed E-state index contributed by atoms with van der Waals surface area (Å²) in [6.07, 6.45) is 4.33. The van der Waals surface area contributed by atoms with Gasteiger partial charge in [-0.3, -0.25) is 4.79 Å². The molecule has 1 amide bonds. The van der Waals surface area contributed by atoms with Crippen LogP contribution in [-0.2, 0) is 12.8 Å². The number of aryl methyl sites for hydroxylation is 1. The van der Waals surface area contributed by atoms with Gasteiger partial charge in [0.05, 0.1) is 11.4 Å². The van der Waals surface area contributed by atoms with E-state index >= 15 is 4.39 Å². The number of nitrogens with two attached hydrogens (primary N) is 1. The molecule has 172 valence electrons. The Bertz CT molecular complexity index is 1250. The molecule has 3 aromatic rings. The molecule has 0 spiro atoms. The number of thiophene rings is 1. The molecule has 33 heavy (non-hydrogen) atoms. The maximum absolute atomic E-state index is 15.5. The SMILES string of the molecule is Cc1ccc2c(N)c(C(=O)NC3CCc4c(ccc(N5CC6CCC(C5)N6)c4F)C3)sc2n1. The lowest BCUT2D eigenvalue weighted by Crippen LogP contribution is -2.51. The Labute approximate surface area is 196 Å². The van der Waals surface area contributed by atoms with Gasteiger partial charge in [0.1, 0.15) is 15.5 Å². The predicted molar refractivity (Wildman–Crippen MR) is 131 cm³/mol. The van der Waals surface area contributed by atoms with Crippen molar-refractivity contribution >= 4 is 38.8 Å². The first kappa shape index (κ1) is 20.9. The number of carbonyl (C=O) groups is 1. The van der Waals surface area contributed by atoms with Crippen molar-refractivity contribution in [2.75, 3.05) is 23.7 Å². The first-order valence-corrected chi connectivity index (χ1v) is 12.6. The minimum atomic E-state index is -0.171. The van der Waals surface area contributed by atoms with Crippen LogP contribution in [0.15, 0.2) is 24.3 Å². The number of piperazine rings is 1. The van der Waals surface area contributed by atoms with E-state index in [2.05, 4.69) is 26.6 Å². The standard InChI is InChI=1S/C25H28FN5OS/c1-13-2-7-19-22(27)23(33-25(19)28-13)24(32)30-15-6-8-18-14(10-15)3-9-20(21(18)26)31-11-16-4-5-17(12-31)29-16/h2-3,7,9,15-17,29H,4-6,8,10-12,27H2,1H3,(H,30,32). The van der Waals surface area contributed by atoms with E-state index in [0.717, 1.165) is 45.8 Å². The zero-order valence-electron chi connectivity index (χ0n) is 18.7. The second-order valence-corrected chi connectivity index (χ2v) is 10.6. The number of nitrogen functional groups attached to an aromatic ring is 1. The molecule has 3 atom stereocenters. The number of halogens is 1. The highest BCUT2D eigenvalue weighted by atomic mass is 32.1. The Morgan fingerprint density at radius 3 is 2.79 bits per heavy atom. The van der Waals surface area contributed by atoms with E-state index in [1.54, 1.807) is 0 Å². The first-order valence-electron chi connectivity index (χ1n) is 11.7. The third-order valence-corrected chi connectivity index (χ3v) is 8.47. The van der Waals surface area contributed by atoms with Gasteiger partial charge in [0.25, 0.3) is 5.91 Å². The average molecular weight is 466 g/mol. The van der Waals surface area contributed by atoms with Gasteiger partial charge in [-0.25, -0.2) is 9.37 Å². The lowest BCUT2D eigenvalue weighted by atomic mass is 9.87. The van der Waals surface area contributed by atoms with Crippen LogP contribution in [0.4, 0.5) is 15.8 Å². The van der Waals surface area contributed by atoms with Crippen molar-refractivity contribution in [3.05, 3.63) is 51.8 Å². The fourth-order valence-electron chi connectivity index (χ4n) is 5.67. The molecule has 6 nitrogen and oxygen atoms in total. The van der Waals surface area contributed by atoms with Gasteiger partial charge in [-0.1, -0.05) is 6.07 Å². The number of nitrogens with one attached hydrogen (secondary N) is 2. The molecule has 2 fully saturated rings. The maximum Gasteiger partial charge on any atom is 0.263 e. The molecule has 1 aliphatic carbocycles. The number of hydrogen-bond acceptors (Lipinski definition) is 6. The van der Waals surface area contributed by atoms with Crippen molar-refractivity contribution in [1.29, 1.82) is 0 Å². The van der Waals surface area contributed by atoms with E-state index in [1.807, 2.05) is 25.1 Å². The summed E-state index contributed by atoms with van der Waals surface area (Å²) in [6, 6.07) is 8.71. The second kappa shape index (κ2) is 7.95. The molecule has 2 aromatic heterocycles. The minimum Gasteiger partial charge on any atom is -0.397 e. The zero-order chi connectivity index (χ0) is 22.7. The molecule has 8 heteroatoms. The Morgan fingerprint density at radius 2 is 2.00 bits per heavy atom. The molecule has 2 aliphatic heterocycles. The first-order chi connectivity index (χ1) is 16.0. The van der Waals surface area contributed by atoms with Crippen molar-refractivity contribution in [3.8, 4) is 0 Å². The van der Waals surface area contributed by atoms with Gasteiger partial charge in [-0.15, -0.1) is 11.3 Å². The predicted octanol–water partition coefficient (Wildman–Crippen LogP) is 3.55. The van der Waals surface area contributed by atoms with E-state index < -0.39 is 0 Å². The van der Waals surface area contributed by atoms with E-state index in [9.17, 15) is 4.79 Å². The Kier molecular flexibility index (Phi) is 5.03. The summed E-state index contributed by atoms with van der Waals surface area (Å²) in [6.45, 7) is 3.66. The zero-order valence-corrected chi connectivity index (χ0v) is 19.5. The van der Waals surface area contributed by atoms with Crippen molar-refractivity contribution < 1.29 is 9.18 Å². The average Bonchev–Trinajstić information content (AvgIpc) is 3.31. The normalized spacial score (nSPS) is 24.2. The van der Waals surface area contributed by atoms with E-state index in [0.29, 0.717) is 41.9 Å². The Morgan fingerprint density at radius 1 is 1.21 bits per heavy atom. The van der Waals surface area contributed by atoms with Crippen molar-refractivity contribution in [1.82, 2.24) is 15.6 Å². The molecule has 4 N–H and O–H groups in total. The number of aromatic nitrogens is 1. The Hall–Kier alpha value is -2.71. The summed E-state index contributed by atoms with van der Waals surface area (Å²) in [5.41, 5.74) is 10.2. The molecule has 2 saturated heterocycles. The van der Waals surface area contributed by atoms with Crippen LogP contribution in [-0.4, -0.2) is 42.1 Å². The smallest absolute Gasteiger partial charge is 0.263 e. The number of nitrogens with zero attached hydrogens (tertiary/aromatic N) is 2. The summed E-state index contributed by atoms with van der Waals surface area (Å²) in [4.78, 5) is 21.0. The third-order valence-electron chi connectivity index (χ3n) is 7.36. The fraction of sp³-hybridized carbons (Fsp3) is 0.440. The Balaban J connectivity index is 1.18. The molecule has 1 aromatic carbocycles. The summed E-state index contributed by atoms with van der Waals surface area (Å²) < 4.78 is 15.5. The van der Waals surface area contributed by atoms with Gasteiger partial charge in [0.15, 0.2) is 0 Å². The number of anilines is 2. The van der Waals surface area contributed by atoms with Crippen LogP contribution < -0.4 is 21.3 Å². The molecule has 3 unspecified atom stereocenters. The molecule has 2 bridgehead atoms. The number of amides is 1. The highest BCUT2D eigenvalue weighted by molar-refractivity contribution is 7.21. The van der Waals surface area contributed by atoms with Gasteiger partial charge in [-0.05, 0) is 68.4 Å². The number of fused-ring (bicyclic) bond motifs is 4. The highest BCUT2D eigenvalue weighted by Gasteiger charge is 2.34. The van der Waals surface area contributed by atoms with Crippen LogP contribution in [0.2, 0.25) is 0 Å². The van der Waals surface area contributed by atoms with E-state index in [-0.39, 0.29) is 17.8 Å². The summed E-state index contributed by atoms with van der Waals surface area (Å²) in [5.74, 6) is -0.247. The number of rotatable bonds is 3. The van der Waals surface area contributed by atoms with Crippen LogP contribution >= 0.6 is 11.3 Å². The van der Waals surface area contributed by atoms with Gasteiger partial charge >= 0.3 is 0 Å². The molecule has 4 heterocycles. The van der Waals surface area contributed by atoms with Gasteiger partial charge in [0.2, 0.25) is 0 Å². The topological polar surface area (TPSA) is 83.3 Å². The summed E-state index contributed by atoms with van der Waals surface area (Å²) in [7, 11) is 0. The van der Waals surface area contributed by atoms with Crippen LogP contribution in [0.25, 0.3) is 10.2 Å². The van der Waals surface area contributed by atoms with E-state index in [4.69, 9.17) is 5.73 Å². The molecular formula is C25H28FN5OS. The van der Waals surface area contributed by atoms with Crippen LogP contribution in [0.3, 0.4) is 0 Å². The second-order valence-electron chi connectivity index (χ2n) is 9.64. The summed E-state index contributed by atoms with van der Waals surface area (Å²) in [5, 5.41) is 7.56. The minimum absolute atomic E-state index is 0.0374. The summed E-state index contributed by atoms with van der Waals surface area (Å²) >= 11 is 1.33. The maximum atomic E-state index is 15.5. The molecule has 3 aliphatic rings. The number of pyridine rings is 1. The number of hydrogen-bond donors (Lipinski definition) is 3. The fourth-order valence-corrected chi connectivity index (χ4v) is 6.71. The lowest BCUT2D eigenvalue weighted by Gasteiger charge is -2.36. The van der Waals surface area contributed by atoms with E-state index in [1.165, 1.54) is 24.2 Å². The van der Waals surface area contributed by atoms with Gasteiger partial charge in [-0.2, -0.15) is 0 Å².